The molecule has 8 nitrogen and oxygen atoms in total. The predicted molar refractivity (Wildman–Crippen MR) is 134 cm³/mol. The van der Waals surface area contributed by atoms with Crippen LogP contribution >= 0.6 is 0 Å². The molecule has 2 aromatic heterocycles. The highest BCUT2D eigenvalue weighted by Crippen LogP contribution is 2.47. The summed E-state index contributed by atoms with van der Waals surface area (Å²) in [6, 6.07) is 10.7. The van der Waals surface area contributed by atoms with E-state index in [1.165, 1.54) is 5.56 Å². The van der Waals surface area contributed by atoms with E-state index >= 15 is 0 Å². The predicted octanol–water partition coefficient (Wildman–Crippen LogP) is 3.94. The maximum atomic E-state index is 10.8. The molecule has 2 fully saturated rings. The molecule has 0 radical (unpaired) electrons. The molecular formula is C26H35N7O. The summed E-state index contributed by atoms with van der Waals surface area (Å²) >= 11 is 0. The van der Waals surface area contributed by atoms with Crippen LogP contribution in [0, 0.1) is 5.92 Å². The largest absolute Gasteiger partial charge is 0.361 e. The lowest BCUT2D eigenvalue weighted by molar-refractivity contribution is 0.0583. The van der Waals surface area contributed by atoms with E-state index in [0.717, 1.165) is 36.6 Å². The minimum atomic E-state index is -0.692. The van der Waals surface area contributed by atoms with Crippen LogP contribution in [-0.4, -0.2) is 55.5 Å². The lowest BCUT2D eigenvalue weighted by Gasteiger charge is -2.30. The fourth-order valence-electron chi connectivity index (χ4n) is 4.77. The number of imidazole rings is 1. The van der Waals surface area contributed by atoms with Crippen LogP contribution in [0.1, 0.15) is 57.7 Å². The number of benzene rings is 1. The molecule has 180 valence electrons. The van der Waals surface area contributed by atoms with E-state index in [4.69, 9.17) is 9.97 Å². The maximum Gasteiger partial charge on any atom is 0.225 e. The summed E-state index contributed by atoms with van der Waals surface area (Å²) in [5.74, 6) is 2.17. The molecule has 2 aliphatic rings. The Balaban J connectivity index is 1.37. The maximum absolute atomic E-state index is 10.8. The van der Waals surface area contributed by atoms with Crippen molar-refractivity contribution in [3.05, 3.63) is 60.3 Å². The van der Waals surface area contributed by atoms with Crippen molar-refractivity contribution < 1.29 is 5.11 Å². The highest BCUT2D eigenvalue weighted by atomic mass is 16.3. The molecule has 1 aliphatic heterocycles. The van der Waals surface area contributed by atoms with Crippen molar-refractivity contribution in [3.8, 4) is 5.69 Å². The number of hydrogen-bond donors (Lipinski definition) is 2. The fourth-order valence-corrected chi connectivity index (χ4v) is 4.77. The number of rotatable bonds is 7. The number of aliphatic hydroxyl groups excluding tert-OH is 1. The van der Waals surface area contributed by atoms with Gasteiger partial charge in [0.1, 0.15) is 5.82 Å². The van der Waals surface area contributed by atoms with Crippen LogP contribution in [0.2, 0.25) is 0 Å². The molecule has 1 aliphatic carbocycles. The Morgan fingerprint density at radius 3 is 2.62 bits per heavy atom. The first-order valence-electron chi connectivity index (χ1n) is 12.2. The molecular weight excluding hydrogens is 426 g/mol. The number of nitrogens with zero attached hydrogens (tertiary/aromatic N) is 6. The Morgan fingerprint density at radius 2 is 1.91 bits per heavy atom. The van der Waals surface area contributed by atoms with Gasteiger partial charge in [0, 0.05) is 30.7 Å². The van der Waals surface area contributed by atoms with E-state index in [9.17, 15) is 5.11 Å². The van der Waals surface area contributed by atoms with Crippen LogP contribution in [0.4, 0.5) is 11.8 Å². The number of aliphatic hydroxyl groups is 1. The average molecular weight is 462 g/mol. The van der Waals surface area contributed by atoms with Gasteiger partial charge in [0.05, 0.1) is 17.6 Å². The SMILES string of the molecule is CC(C)c1cccc(-n2cnc(C3(Nc4nccc(N5C(O)N(C)C[C@@H]5C(C)C)n4)CC3)c2)c1. The monoisotopic (exact) mass is 461 g/mol. The molecule has 2 N–H and O–H groups in total. The molecule has 1 unspecified atom stereocenters. The second kappa shape index (κ2) is 8.67. The highest BCUT2D eigenvalue weighted by molar-refractivity contribution is 5.48. The number of anilines is 2. The third-order valence-corrected chi connectivity index (χ3v) is 7.16. The molecule has 3 heterocycles. The van der Waals surface area contributed by atoms with Crippen molar-refractivity contribution in [2.75, 3.05) is 23.8 Å². The van der Waals surface area contributed by atoms with Gasteiger partial charge in [-0.15, -0.1) is 0 Å². The van der Waals surface area contributed by atoms with Crippen molar-refractivity contribution in [2.45, 2.75) is 64.4 Å². The summed E-state index contributed by atoms with van der Waals surface area (Å²) in [4.78, 5) is 18.0. The van der Waals surface area contributed by atoms with E-state index < -0.39 is 6.35 Å². The summed E-state index contributed by atoms with van der Waals surface area (Å²) < 4.78 is 2.09. The third kappa shape index (κ3) is 4.16. The standard InChI is InChI=1S/C26H35N7O/c1-17(2)19-7-6-8-20(13-19)32-15-22(28-16-32)26(10-11-26)30-24-27-12-9-23(29-24)33-21(18(3)4)14-31(5)25(33)34/h6-9,12-13,15-18,21,25,34H,10-11,14H2,1-5H3,(H,27,29,30)/t21-,25?/m1/s1. The molecule has 3 aromatic rings. The van der Waals surface area contributed by atoms with E-state index in [2.05, 4.69) is 73.0 Å². The molecule has 34 heavy (non-hydrogen) atoms. The first kappa shape index (κ1) is 22.8. The van der Waals surface area contributed by atoms with Crippen molar-refractivity contribution in [1.82, 2.24) is 24.4 Å². The summed E-state index contributed by atoms with van der Waals surface area (Å²) in [6.07, 6.45) is 7.02. The first-order chi connectivity index (χ1) is 16.3. The van der Waals surface area contributed by atoms with Gasteiger partial charge in [-0.1, -0.05) is 39.8 Å². The normalized spacial score (nSPS) is 22.1. The smallest absolute Gasteiger partial charge is 0.225 e. The number of aromatic nitrogens is 4. The van der Waals surface area contributed by atoms with Gasteiger partial charge in [0.2, 0.25) is 5.95 Å². The van der Waals surface area contributed by atoms with Gasteiger partial charge < -0.3 is 19.9 Å². The summed E-state index contributed by atoms with van der Waals surface area (Å²) in [7, 11) is 1.94. The van der Waals surface area contributed by atoms with Crippen molar-refractivity contribution >= 4 is 11.8 Å². The lowest BCUT2D eigenvalue weighted by Crippen LogP contribution is -2.42. The van der Waals surface area contributed by atoms with Crippen LogP contribution in [0.15, 0.2) is 49.1 Å². The molecule has 0 spiro atoms. The number of hydrogen-bond acceptors (Lipinski definition) is 7. The zero-order valence-corrected chi connectivity index (χ0v) is 20.7. The van der Waals surface area contributed by atoms with Crippen molar-refractivity contribution in [1.29, 1.82) is 0 Å². The molecule has 1 aromatic carbocycles. The first-order valence-corrected chi connectivity index (χ1v) is 12.2. The second-order valence-electron chi connectivity index (χ2n) is 10.4. The summed E-state index contributed by atoms with van der Waals surface area (Å²) in [5.41, 5.74) is 3.17. The Kier molecular flexibility index (Phi) is 5.81. The van der Waals surface area contributed by atoms with Crippen LogP contribution in [0.25, 0.3) is 5.69 Å². The summed E-state index contributed by atoms with van der Waals surface area (Å²) in [6.45, 7) is 9.56. The van der Waals surface area contributed by atoms with E-state index in [-0.39, 0.29) is 11.6 Å². The molecule has 8 heteroatoms. The van der Waals surface area contributed by atoms with E-state index in [0.29, 0.717) is 17.8 Å². The van der Waals surface area contributed by atoms with E-state index in [1.807, 2.05) is 29.2 Å². The van der Waals surface area contributed by atoms with Gasteiger partial charge in [0.15, 0.2) is 6.35 Å². The third-order valence-electron chi connectivity index (χ3n) is 7.16. The quantitative estimate of drug-likeness (QED) is 0.551. The zero-order chi connectivity index (χ0) is 24.0. The topological polar surface area (TPSA) is 82.3 Å². The molecule has 5 rings (SSSR count). The van der Waals surface area contributed by atoms with Gasteiger partial charge in [-0.25, -0.2) is 9.97 Å². The van der Waals surface area contributed by atoms with Gasteiger partial charge in [-0.2, -0.15) is 4.98 Å². The zero-order valence-electron chi connectivity index (χ0n) is 20.7. The molecule has 1 saturated carbocycles. The minimum Gasteiger partial charge on any atom is -0.361 e. The Bertz CT molecular complexity index is 1150. The van der Waals surface area contributed by atoms with Crippen LogP contribution in [-0.2, 0) is 5.54 Å². The van der Waals surface area contributed by atoms with Crippen molar-refractivity contribution in [3.63, 3.8) is 0 Å². The highest BCUT2D eigenvalue weighted by Gasteiger charge is 2.47. The lowest BCUT2D eigenvalue weighted by atomic mass is 10.0. The van der Waals surface area contributed by atoms with Crippen LogP contribution in [0.5, 0.6) is 0 Å². The second-order valence-corrected chi connectivity index (χ2v) is 10.4. The average Bonchev–Trinajstić information content (AvgIpc) is 3.29. The number of nitrogens with one attached hydrogen (secondary N) is 1. The van der Waals surface area contributed by atoms with Gasteiger partial charge in [0.25, 0.3) is 0 Å². The van der Waals surface area contributed by atoms with Crippen LogP contribution in [0.3, 0.4) is 0 Å². The number of likely N-dealkylation sites (N-methyl/N-ethyl adjacent to an activating group) is 1. The Morgan fingerprint density at radius 1 is 1.12 bits per heavy atom. The van der Waals surface area contributed by atoms with Gasteiger partial charge in [-0.3, -0.25) is 4.90 Å². The summed E-state index contributed by atoms with van der Waals surface area (Å²) in [5, 5.41) is 14.3. The van der Waals surface area contributed by atoms with Crippen molar-refractivity contribution in [2.24, 2.45) is 5.92 Å². The molecule has 0 bridgehead atoms. The minimum absolute atomic E-state index is 0.190. The van der Waals surface area contributed by atoms with Crippen LogP contribution < -0.4 is 10.2 Å². The Labute approximate surface area is 201 Å². The van der Waals surface area contributed by atoms with Gasteiger partial charge in [-0.05, 0) is 55.5 Å². The fraction of sp³-hybridized carbons (Fsp3) is 0.500. The molecule has 2 atom stereocenters. The van der Waals surface area contributed by atoms with E-state index in [1.54, 1.807) is 6.20 Å². The molecule has 0 amide bonds. The Hall–Kier alpha value is -2.97. The molecule has 1 saturated heterocycles. The van der Waals surface area contributed by atoms with Gasteiger partial charge >= 0.3 is 0 Å².